The number of nitro benzene ring substituents is 1. The number of carbonyl (C=O) groups excluding carboxylic acids is 1. The van der Waals surface area contributed by atoms with Crippen molar-refractivity contribution in [3.8, 4) is 0 Å². The number of rotatable bonds is 6. The average molecular weight is 354 g/mol. The van der Waals surface area contributed by atoms with E-state index in [1.807, 2.05) is 30.5 Å². The number of nitro groups is 1. The zero-order chi connectivity index (χ0) is 18.7. The minimum atomic E-state index is -0.512. The smallest absolute Gasteiger partial charge is 0.340 e. The molecule has 0 spiro atoms. The van der Waals surface area contributed by atoms with Gasteiger partial charge in [-0.3, -0.25) is 10.1 Å². The van der Waals surface area contributed by atoms with Gasteiger partial charge in [0.15, 0.2) is 0 Å². The lowest BCUT2D eigenvalue weighted by Crippen LogP contribution is -2.09. The normalized spacial score (nSPS) is 10.7. The van der Waals surface area contributed by atoms with Crippen molar-refractivity contribution < 1.29 is 18.9 Å². The van der Waals surface area contributed by atoms with Crippen molar-refractivity contribution in [2.24, 2.45) is 0 Å². The van der Waals surface area contributed by atoms with Crippen molar-refractivity contribution in [1.29, 1.82) is 0 Å². The Balaban J connectivity index is 1.76. The van der Waals surface area contributed by atoms with Gasteiger partial charge in [-0.05, 0) is 38.1 Å². The first-order valence-electron chi connectivity index (χ1n) is 8.06. The van der Waals surface area contributed by atoms with E-state index in [-0.39, 0.29) is 12.3 Å². The number of nitrogens with zero attached hydrogens (tertiary/aromatic N) is 2. The summed E-state index contributed by atoms with van der Waals surface area (Å²) in [4.78, 5) is 23.0. The highest BCUT2D eigenvalue weighted by Gasteiger charge is 2.19. The van der Waals surface area contributed by atoms with Crippen LogP contribution in [0.5, 0.6) is 0 Å². The highest BCUT2D eigenvalue weighted by Crippen LogP contribution is 2.21. The Kier molecular flexibility index (Phi) is 4.88. The van der Waals surface area contributed by atoms with Gasteiger partial charge in [0, 0.05) is 17.5 Å². The lowest BCUT2D eigenvalue weighted by molar-refractivity contribution is -0.385. The molecule has 1 aromatic carbocycles. The van der Waals surface area contributed by atoms with Gasteiger partial charge in [0.2, 0.25) is 0 Å². The van der Waals surface area contributed by atoms with E-state index in [1.54, 1.807) is 30.5 Å². The van der Waals surface area contributed by atoms with Gasteiger partial charge in [-0.15, -0.1) is 0 Å². The summed E-state index contributed by atoms with van der Waals surface area (Å²) in [5.74, 6) is 0.272. The lowest BCUT2D eigenvalue weighted by Gasteiger charge is -2.08. The van der Waals surface area contributed by atoms with Crippen molar-refractivity contribution >= 4 is 11.7 Å². The van der Waals surface area contributed by atoms with Gasteiger partial charge in [0.05, 0.1) is 28.9 Å². The molecule has 0 radical (unpaired) electrons. The Morgan fingerprint density at radius 2 is 2.00 bits per heavy atom. The van der Waals surface area contributed by atoms with Crippen LogP contribution in [0.1, 0.15) is 33.1 Å². The summed E-state index contributed by atoms with van der Waals surface area (Å²) < 4.78 is 12.6. The summed E-state index contributed by atoms with van der Waals surface area (Å²) in [5, 5.41) is 11.0. The maximum absolute atomic E-state index is 12.5. The van der Waals surface area contributed by atoms with Gasteiger partial charge in [0.25, 0.3) is 5.69 Å². The van der Waals surface area contributed by atoms with Crippen molar-refractivity contribution in [2.75, 3.05) is 0 Å². The molecular formula is C19H18N2O5. The van der Waals surface area contributed by atoms with Crippen LogP contribution in [0.4, 0.5) is 5.69 Å². The summed E-state index contributed by atoms with van der Waals surface area (Å²) in [5.41, 5.74) is 2.38. The first-order chi connectivity index (χ1) is 12.5. The van der Waals surface area contributed by atoms with E-state index in [0.717, 1.165) is 17.1 Å². The number of carbonyl (C=O) groups is 1. The molecule has 0 unspecified atom stereocenters. The summed E-state index contributed by atoms with van der Waals surface area (Å²) in [6, 6.07) is 11.6. The number of hydrogen-bond acceptors (Lipinski definition) is 5. The lowest BCUT2D eigenvalue weighted by atomic mass is 10.2. The van der Waals surface area contributed by atoms with E-state index in [0.29, 0.717) is 17.7 Å². The summed E-state index contributed by atoms with van der Waals surface area (Å²) in [7, 11) is 0. The number of furan rings is 1. The molecule has 0 aliphatic carbocycles. The fourth-order valence-electron chi connectivity index (χ4n) is 2.84. The molecule has 0 aliphatic heterocycles. The fourth-order valence-corrected chi connectivity index (χ4v) is 2.84. The topological polar surface area (TPSA) is 87.5 Å². The summed E-state index contributed by atoms with van der Waals surface area (Å²) >= 11 is 0. The maximum atomic E-state index is 12.5. The number of para-hydroxylation sites is 1. The average Bonchev–Trinajstić information content (AvgIpc) is 3.23. The monoisotopic (exact) mass is 354 g/mol. The Morgan fingerprint density at radius 3 is 2.69 bits per heavy atom. The molecule has 7 nitrogen and oxygen atoms in total. The minimum absolute atomic E-state index is 0.0661. The third-order valence-corrected chi connectivity index (χ3v) is 4.23. The molecule has 0 saturated carbocycles. The number of esters is 1. The standard InChI is InChI=1S/C19H18N2O5/c1-13-10-17(14(2)20(13)11-16-7-5-9-25-16)19(22)26-12-15-6-3-4-8-18(15)21(23)24/h3-10H,11-12H2,1-2H3. The number of aromatic nitrogens is 1. The zero-order valence-electron chi connectivity index (χ0n) is 14.5. The Morgan fingerprint density at radius 1 is 1.23 bits per heavy atom. The van der Waals surface area contributed by atoms with Gasteiger partial charge >= 0.3 is 5.97 Å². The third kappa shape index (κ3) is 3.51. The number of aryl methyl sites for hydroxylation is 1. The molecule has 0 atom stereocenters. The highest BCUT2D eigenvalue weighted by atomic mass is 16.6. The van der Waals surface area contributed by atoms with E-state index in [2.05, 4.69) is 0 Å². The van der Waals surface area contributed by atoms with Crippen molar-refractivity contribution in [3.05, 3.63) is 87.1 Å². The van der Waals surface area contributed by atoms with Crippen LogP contribution in [0.25, 0.3) is 0 Å². The van der Waals surface area contributed by atoms with Gasteiger partial charge < -0.3 is 13.7 Å². The molecule has 7 heteroatoms. The number of hydrogen-bond donors (Lipinski definition) is 0. The Hall–Kier alpha value is -3.35. The fraction of sp³-hybridized carbons (Fsp3) is 0.211. The van der Waals surface area contributed by atoms with E-state index in [1.165, 1.54) is 6.07 Å². The summed E-state index contributed by atoms with van der Waals surface area (Å²) in [6.45, 7) is 4.09. The Bertz CT molecular complexity index is 941. The van der Waals surface area contributed by atoms with E-state index in [9.17, 15) is 14.9 Å². The van der Waals surface area contributed by atoms with Crippen LogP contribution in [-0.2, 0) is 17.9 Å². The number of benzene rings is 1. The molecule has 0 bridgehead atoms. The molecule has 0 saturated heterocycles. The largest absolute Gasteiger partial charge is 0.467 e. The molecule has 0 N–H and O–H groups in total. The predicted octanol–water partition coefficient (Wildman–Crippen LogP) is 4.01. The Labute approximate surface area is 150 Å². The van der Waals surface area contributed by atoms with E-state index >= 15 is 0 Å². The van der Waals surface area contributed by atoms with Gasteiger partial charge in [-0.25, -0.2) is 4.79 Å². The first kappa shape index (κ1) is 17.5. The summed E-state index contributed by atoms with van der Waals surface area (Å²) in [6.07, 6.45) is 1.60. The minimum Gasteiger partial charge on any atom is -0.467 e. The van der Waals surface area contributed by atoms with Crippen LogP contribution in [-0.4, -0.2) is 15.5 Å². The van der Waals surface area contributed by atoms with Gasteiger partial charge in [-0.2, -0.15) is 0 Å². The second-order valence-electron chi connectivity index (χ2n) is 5.91. The van der Waals surface area contributed by atoms with Crippen molar-refractivity contribution in [3.63, 3.8) is 0 Å². The molecule has 2 heterocycles. The first-order valence-corrected chi connectivity index (χ1v) is 8.06. The maximum Gasteiger partial charge on any atom is 0.340 e. The second-order valence-corrected chi connectivity index (χ2v) is 5.91. The van der Waals surface area contributed by atoms with Gasteiger partial charge in [-0.1, -0.05) is 12.1 Å². The molecule has 0 aliphatic rings. The molecular weight excluding hydrogens is 336 g/mol. The molecule has 26 heavy (non-hydrogen) atoms. The molecule has 3 rings (SSSR count). The SMILES string of the molecule is Cc1cc(C(=O)OCc2ccccc2[N+](=O)[O-])c(C)n1Cc1ccco1. The zero-order valence-corrected chi connectivity index (χ0v) is 14.5. The van der Waals surface area contributed by atoms with Crippen LogP contribution in [0.2, 0.25) is 0 Å². The predicted molar refractivity (Wildman–Crippen MR) is 93.9 cm³/mol. The van der Waals surface area contributed by atoms with Crippen LogP contribution in [0.3, 0.4) is 0 Å². The molecule has 2 aromatic heterocycles. The second kappa shape index (κ2) is 7.26. The van der Waals surface area contributed by atoms with Crippen LogP contribution >= 0.6 is 0 Å². The van der Waals surface area contributed by atoms with Crippen molar-refractivity contribution in [2.45, 2.75) is 27.0 Å². The van der Waals surface area contributed by atoms with Crippen LogP contribution in [0.15, 0.2) is 53.1 Å². The van der Waals surface area contributed by atoms with Gasteiger partial charge in [0.1, 0.15) is 12.4 Å². The third-order valence-electron chi connectivity index (χ3n) is 4.23. The molecule has 134 valence electrons. The molecule has 0 amide bonds. The molecule has 0 fully saturated rings. The molecule has 3 aromatic rings. The quantitative estimate of drug-likeness (QED) is 0.379. The number of ether oxygens (including phenoxy) is 1. The van der Waals surface area contributed by atoms with Crippen LogP contribution in [0, 0.1) is 24.0 Å². The van der Waals surface area contributed by atoms with E-state index in [4.69, 9.17) is 9.15 Å². The van der Waals surface area contributed by atoms with E-state index < -0.39 is 10.9 Å². The van der Waals surface area contributed by atoms with Crippen molar-refractivity contribution in [1.82, 2.24) is 4.57 Å². The van der Waals surface area contributed by atoms with Crippen LogP contribution < -0.4 is 0 Å². The highest BCUT2D eigenvalue weighted by molar-refractivity contribution is 5.91.